The second-order valence-corrected chi connectivity index (χ2v) is 11.9. The number of nitrogens with one attached hydrogen (secondary N) is 1. The van der Waals surface area contributed by atoms with E-state index in [2.05, 4.69) is 17.4 Å². The van der Waals surface area contributed by atoms with Gasteiger partial charge in [0.2, 0.25) is 12.2 Å². The fourth-order valence-corrected chi connectivity index (χ4v) is 5.41. The van der Waals surface area contributed by atoms with Crippen LogP contribution in [0.5, 0.6) is 5.75 Å². The molecule has 1 heterocycles. The van der Waals surface area contributed by atoms with Gasteiger partial charge in [-0.25, -0.2) is 19.2 Å². The first-order valence-electron chi connectivity index (χ1n) is 16.7. The third-order valence-electron chi connectivity index (χ3n) is 7.22. The number of aryl methyl sites for hydroxylation is 2. The molecule has 11 heteroatoms. The van der Waals surface area contributed by atoms with E-state index < -0.39 is 43.1 Å². The number of carboxylic acids is 2. The number of benzene rings is 4. The Balaban J connectivity index is 0.000000235. The van der Waals surface area contributed by atoms with Crippen molar-refractivity contribution in [2.24, 2.45) is 0 Å². The first kappa shape index (κ1) is 32.0. The molecule has 5 rings (SSSR count). The zero-order chi connectivity index (χ0) is 37.8. The number of fused-ring (bicyclic) bond motifs is 1. The topological polar surface area (TPSA) is 148 Å². The summed E-state index contributed by atoms with van der Waals surface area (Å²) < 4.78 is 37.7. The second-order valence-electron chi connectivity index (χ2n) is 10.9. The number of carbonyl (C=O) groups excluding carboxylic acids is 2. The van der Waals surface area contributed by atoms with Gasteiger partial charge in [0, 0.05) is 20.8 Å². The van der Waals surface area contributed by atoms with Crippen molar-refractivity contribution in [2.75, 3.05) is 13.5 Å². The minimum absolute atomic E-state index is 0.0332. The van der Waals surface area contributed by atoms with E-state index >= 15 is 0 Å². The Labute approximate surface area is 292 Å². The van der Waals surface area contributed by atoms with Crippen LogP contribution in [0.3, 0.4) is 0 Å². The van der Waals surface area contributed by atoms with Gasteiger partial charge in [0.15, 0.2) is 0 Å². The maximum absolute atomic E-state index is 12.2. The van der Waals surface area contributed by atoms with Crippen LogP contribution in [-0.4, -0.2) is 59.8 Å². The highest BCUT2D eigenvalue weighted by molar-refractivity contribution is 7.10. The van der Waals surface area contributed by atoms with Crippen LogP contribution >= 0.6 is 11.3 Å². The molecule has 0 radical (unpaired) electrons. The van der Waals surface area contributed by atoms with Crippen molar-refractivity contribution in [2.45, 2.75) is 38.6 Å². The first-order valence-corrected chi connectivity index (χ1v) is 16.0. The van der Waals surface area contributed by atoms with E-state index in [9.17, 15) is 29.4 Å². The Bertz CT molecular complexity index is 1880. The van der Waals surface area contributed by atoms with Crippen molar-refractivity contribution in [3.63, 3.8) is 0 Å². The largest absolute Gasteiger partial charge is 0.484 e. The molecule has 254 valence electrons. The van der Waals surface area contributed by atoms with Crippen molar-refractivity contribution in [3.05, 3.63) is 136 Å². The van der Waals surface area contributed by atoms with Crippen molar-refractivity contribution < 1.29 is 47.7 Å². The van der Waals surface area contributed by atoms with Gasteiger partial charge in [0.1, 0.15) is 11.9 Å². The van der Waals surface area contributed by atoms with Gasteiger partial charge in [-0.2, -0.15) is 0 Å². The number of esters is 2. The molecule has 0 aliphatic rings. The first-order chi connectivity index (χ1) is 24.7. The van der Waals surface area contributed by atoms with E-state index in [1.165, 1.54) is 24.3 Å². The lowest BCUT2D eigenvalue weighted by molar-refractivity contribution is -0.166. The summed E-state index contributed by atoms with van der Waals surface area (Å²) in [5.41, 5.74) is 1.79. The lowest BCUT2D eigenvalue weighted by atomic mass is 10.1. The molecule has 0 unspecified atom stereocenters. The van der Waals surface area contributed by atoms with Crippen LogP contribution in [0.1, 0.15) is 53.4 Å². The summed E-state index contributed by atoms with van der Waals surface area (Å²) in [6, 6.07) is 30.2. The number of carboxylic acid groups (broad SMARTS) is 2. The SMILES string of the molecule is Cc1ccc(C(=O)O[C@@H](C(=O)O)[C@@H](OC(=O)c2ccc(C)cc2)C(=O)O)cc1.[2H]C([2H])([2H])NCC[C@H](Oc1cccc2ccccc12)c1cccs1. The van der Waals surface area contributed by atoms with Crippen LogP contribution in [0.4, 0.5) is 0 Å². The molecule has 5 aromatic rings. The summed E-state index contributed by atoms with van der Waals surface area (Å²) in [6.07, 6.45) is -4.03. The molecule has 3 atom stereocenters. The third kappa shape index (κ3) is 10.2. The molecule has 49 heavy (non-hydrogen) atoms. The standard InChI is InChI=1S/C20H18O8.C18H19NOS/c1-11-3-7-13(8-4-11)19(25)27-15(17(21)22)16(18(23)24)28-20(26)14-9-5-12(2)6-10-14;1-19-12-11-17(18-10-5-13-21-18)20-16-9-4-7-14-6-2-3-8-15(14)16/h3-10,15-16H,1-2H3,(H,21,22)(H,23,24);2-10,13,17,19H,11-12H2,1H3/t15-,16-;17-/m10/s1/i;1D3. The van der Waals surface area contributed by atoms with Crippen molar-refractivity contribution >= 4 is 46.0 Å². The highest BCUT2D eigenvalue weighted by atomic mass is 32.1. The Hall–Kier alpha value is -5.52. The molecule has 0 aliphatic heterocycles. The molecule has 0 saturated heterocycles. The predicted octanol–water partition coefficient (Wildman–Crippen LogP) is 6.85. The van der Waals surface area contributed by atoms with Gasteiger partial charge in [-0.15, -0.1) is 11.3 Å². The summed E-state index contributed by atoms with van der Waals surface area (Å²) >= 11 is 1.62. The number of carbonyl (C=O) groups is 4. The van der Waals surface area contributed by atoms with E-state index in [1.54, 1.807) is 49.4 Å². The highest BCUT2D eigenvalue weighted by Crippen LogP contribution is 2.32. The van der Waals surface area contributed by atoms with Gasteiger partial charge in [-0.1, -0.05) is 77.9 Å². The summed E-state index contributed by atoms with van der Waals surface area (Å²) in [7, 11) is 0. The maximum atomic E-state index is 12.2. The van der Waals surface area contributed by atoms with E-state index in [-0.39, 0.29) is 17.2 Å². The normalized spacial score (nSPS) is 13.6. The average molecular weight is 687 g/mol. The van der Waals surface area contributed by atoms with Gasteiger partial charge in [-0.3, -0.25) is 0 Å². The van der Waals surface area contributed by atoms with Gasteiger partial charge in [-0.05, 0) is 74.5 Å². The summed E-state index contributed by atoms with van der Waals surface area (Å²) in [6.45, 7) is 1.82. The monoisotopic (exact) mass is 686 g/mol. The third-order valence-corrected chi connectivity index (χ3v) is 8.18. The lowest BCUT2D eigenvalue weighted by Crippen LogP contribution is -2.45. The molecule has 0 bridgehead atoms. The average Bonchev–Trinajstić information content (AvgIpc) is 3.65. The molecule has 3 N–H and O–H groups in total. The quantitative estimate of drug-likeness (QED) is 0.112. The van der Waals surface area contributed by atoms with Crippen LogP contribution in [-0.2, 0) is 19.1 Å². The Morgan fingerprint density at radius 3 is 1.80 bits per heavy atom. The number of rotatable bonds is 13. The van der Waals surface area contributed by atoms with Gasteiger partial charge in [0.25, 0.3) is 0 Å². The predicted molar refractivity (Wildman–Crippen MR) is 186 cm³/mol. The molecule has 1 aromatic heterocycles. The zero-order valence-electron chi connectivity index (χ0n) is 29.7. The van der Waals surface area contributed by atoms with E-state index in [4.69, 9.17) is 18.3 Å². The van der Waals surface area contributed by atoms with Crippen molar-refractivity contribution in [1.82, 2.24) is 5.32 Å². The second kappa shape index (κ2) is 17.6. The van der Waals surface area contributed by atoms with E-state index in [0.717, 1.165) is 32.5 Å². The molecule has 0 amide bonds. The molecule has 10 nitrogen and oxygen atoms in total. The summed E-state index contributed by atoms with van der Waals surface area (Å²) in [5.74, 6) is -4.80. The molecule has 0 aliphatic carbocycles. The molecule has 0 saturated carbocycles. The minimum atomic E-state index is -2.22. The molecule has 0 fully saturated rings. The van der Waals surface area contributed by atoms with Crippen LogP contribution in [0.25, 0.3) is 10.8 Å². The van der Waals surface area contributed by atoms with Gasteiger partial charge >= 0.3 is 23.9 Å². The van der Waals surface area contributed by atoms with Crippen LogP contribution in [0.2, 0.25) is 0 Å². The van der Waals surface area contributed by atoms with E-state index in [0.29, 0.717) is 13.0 Å². The minimum Gasteiger partial charge on any atom is -0.484 e. The van der Waals surface area contributed by atoms with Crippen molar-refractivity contribution in [1.29, 1.82) is 0 Å². The number of hydrogen-bond acceptors (Lipinski definition) is 9. The summed E-state index contributed by atoms with van der Waals surface area (Å²) in [5, 5.41) is 25.4. The molecular formula is C38H37NO9S. The molecule has 0 spiro atoms. The fraction of sp³-hybridized carbons (Fsp3) is 0.211. The number of hydrogen-bond donors (Lipinski definition) is 3. The van der Waals surface area contributed by atoms with Crippen LogP contribution in [0, 0.1) is 13.8 Å². The summed E-state index contributed by atoms with van der Waals surface area (Å²) in [4.78, 5) is 48.4. The molecular weight excluding hydrogens is 646 g/mol. The number of aliphatic carboxylic acids is 2. The van der Waals surface area contributed by atoms with Gasteiger partial charge < -0.3 is 29.7 Å². The molecule has 4 aromatic carbocycles. The Kier molecular flexibility index (Phi) is 11.5. The number of ether oxygens (including phenoxy) is 3. The van der Waals surface area contributed by atoms with Crippen LogP contribution in [0.15, 0.2) is 109 Å². The highest BCUT2D eigenvalue weighted by Gasteiger charge is 2.41. The van der Waals surface area contributed by atoms with Crippen molar-refractivity contribution in [3.8, 4) is 5.75 Å². The Morgan fingerprint density at radius 1 is 0.735 bits per heavy atom. The zero-order valence-corrected chi connectivity index (χ0v) is 27.5. The van der Waals surface area contributed by atoms with E-state index in [1.807, 2.05) is 47.8 Å². The van der Waals surface area contributed by atoms with Crippen LogP contribution < -0.4 is 10.1 Å². The number of thiophene rings is 1. The fourth-order valence-electron chi connectivity index (χ4n) is 4.62. The Morgan fingerprint density at radius 2 is 1.29 bits per heavy atom. The van der Waals surface area contributed by atoms with Gasteiger partial charge in [0.05, 0.1) is 11.1 Å². The lowest BCUT2D eigenvalue weighted by Gasteiger charge is -2.21. The smallest absolute Gasteiger partial charge is 0.349 e. The maximum Gasteiger partial charge on any atom is 0.349 e.